The fraction of sp³-hybridized carbons (Fsp3) is 0.395. The van der Waals surface area contributed by atoms with Crippen molar-refractivity contribution in [2.45, 2.75) is 184 Å². The molecule has 0 saturated heterocycles. The van der Waals surface area contributed by atoms with Crippen LogP contribution >= 0.6 is 26.6 Å². The van der Waals surface area contributed by atoms with Crippen LogP contribution in [0, 0.1) is 47.4 Å². The summed E-state index contributed by atoms with van der Waals surface area (Å²) in [5.41, 5.74) is 13.8. The van der Waals surface area contributed by atoms with Gasteiger partial charge >= 0.3 is 38.0 Å². The number of hydrogen-bond acceptors (Lipinski definition) is 15. The van der Waals surface area contributed by atoms with E-state index >= 15 is 0 Å². The zero-order valence-corrected chi connectivity index (χ0v) is 69.7. The number of rotatable bonds is 31. The first-order valence-electron chi connectivity index (χ1n) is 39.2. The number of halogens is 2. The molecule has 0 spiro atoms. The maximum Gasteiger partial charge on any atom is 0.374 e. The molecule has 4 aliphatic carbocycles. The lowest BCUT2D eigenvalue weighted by molar-refractivity contribution is -0.140. The van der Waals surface area contributed by atoms with E-state index in [2.05, 4.69) is 104 Å². The molecule has 1 unspecified atom stereocenters. The molecule has 4 aliphatic rings. The molecule has 10 aromatic rings. The van der Waals surface area contributed by atoms with Gasteiger partial charge in [-0.1, -0.05) is 126 Å². The van der Waals surface area contributed by atoms with Crippen molar-refractivity contribution in [2.75, 3.05) is 18.5 Å². The summed E-state index contributed by atoms with van der Waals surface area (Å²) in [7, 11) is -4.26. The van der Waals surface area contributed by atoms with Crippen LogP contribution in [0.3, 0.4) is 0 Å². The van der Waals surface area contributed by atoms with Crippen molar-refractivity contribution in [3.05, 3.63) is 193 Å². The highest BCUT2D eigenvalue weighted by Crippen LogP contribution is 2.35. The maximum absolute atomic E-state index is 12.9. The number of carboxylic acid groups (broad SMARTS) is 4. The molecule has 0 radical (unpaired) electrons. The zero-order chi connectivity index (χ0) is 83.5. The molecule has 6 aromatic carbocycles. The summed E-state index contributed by atoms with van der Waals surface area (Å²) in [5.74, 6) is 11.0. The van der Waals surface area contributed by atoms with Gasteiger partial charge in [0.15, 0.2) is 0 Å². The molecule has 4 aromatic heterocycles. The number of carboxylic acids is 4. The third-order valence-corrected chi connectivity index (χ3v) is 24.9. The van der Waals surface area contributed by atoms with Crippen LogP contribution in [-0.4, -0.2) is 147 Å². The number of hydrogen-bond donors (Lipinski definition) is 11. The van der Waals surface area contributed by atoms with E-state index < -0.39 is 81.2 Å². The number of nitrogens with zero attached hydrogens (tertiary/aromatic N) is 3. The average Bonchev–Trinajstić information content (AvgIpc) is 1.68. The van der Waals surface area contributed by atoms with E-state index in [0.29, 0.717) is 36.7 Å². The molecular formula is C86H104B2BrClN8O16S2. The summed E-state index contributed by atoms with van der Waals surface area (Å²) in [6.07, 6.45) is 24.9. The Morgan fingerprint density at radius 2 is 0.862 bits per heavy atom. The monoisotopic (exact) mass is 1700 g/mol. The van der Waals surface area contributed by atoms with E-state index in [1.165, 1.54) is 150 Å². The first kappa shape index (κ1) is 90.6. The fourth-order valence-electron chi connectivity index (χ4n) is 14.0. The van der Waals surface area contributed by atoms with Crippen molar-refractivity contribution >= 4 is 127 Å². The Morgan fingerprint density at radius 3 is 1.20 bits per heavy atom. The molecule has 14 rings (SSSR count). The van der Waals surface area contributed by atoms with Crippen LogP contribution in [0.4, 0.5) is 0 Å². The molecule has 0 bridgehead atoms. The number of ether oxygens (including phenoxy) is 2. The van der Waals surface area contributed by atoms with Gasteiger partial charge in [-0.15, -0.1) is 11.8 Å². The fourth-order valence-corrected chi connectivity index (χ4v) is 16.6. The Labute approximate surface area is 692 Å². The maximum atomic E-state index is 12.9. The van der Waals surface area contributed by atoms with Gasteiger partial charge in [0.1, 0.15) is 48.9 Å². The molecule has 616 valence electrons. The van der Waals surface area contributed by atoms with Crippen molar-refractivity contribution in [1.29, 1.82) is 0 Å². The van der Waals surface area contributed by atoms with Crippen LogP contribution in [0.1, 0.15) is 113 Å². The van der Waals surface area contributed by atoms with Crippen LogP contribution < -0.4 is 30.4 Å². The third kappa shape index (κ3) is 26.8. The van der Waals surface area contributed by atoms with Gasteiger partial charge in [0, 0.05) is 117 Å². The summed E-state index contributed by atoms with van der Waals surface area (Å²) in [6.45, 7) is 9.87. The Balaban J connectivity index is 0.000000167. The number of para-hydroxylation sites is 4. The molecule has 4 saturated carbocycles. The second-order valence-corrected chi connectivity index (χ2v) is 34.7. The van der Waals surface area contributed by atoms with Crippen molar-refractivity contribution in [3.63, 3.8) is 0 Å². The Morgan fingerprint density at radius 1 is 0.509 bits per heavy atom. The van der Waals surface area contributed by atoms with Crippen LogP contribution in [-0.2, 0) is 83.6 Å². The number of aromatic amines is 1. The van der Waals surface area contributed by atoms with Crippen LogP contribution in [0.2, 0.25) is 13.6 Å². The van der Waals surface area contributed by atoms with Crippen LogP contribution in [0.5, 0.6) is 11.5 Å². The molecule has 4 fully saturated rings. The molecule has 24 nitrogen and oxygen atoms in total. The van der Waals surface area contributed by atoms with Crippen molar-refractivity contribution < 1.29 is 76.0 Å². The first-order valence-corrected chi connectivity index (χ1v) is 44.1. The normalized spacial score (nSPS) is 15.0. The molecular weight excluding hydrogens is 1600 g/mol. The SMILES string of the molecule is BrCC1CCC1.CB(O)N[C@H](Cc1c[nH]c2ccccc12)C(=O)O.CB(O)N[C@H](Cc1cn(CC2CCC2)c2ccccc12)C(=O)O.CC#CCOc1ccc(S(=O)(=O)Cl)cc1.CC#CCOc1ccc(S(=O)(=O)NC(Cc2cn(CC3CCC3)c3ccccc23)C(=O)O)cc1.N[C@H](Cc1cn(CC2CCC2)c2ccccc12)C(=O)O. The highest BCUT2D eigenvalue weighted by atomic mass is 79.9. The summed E-state index contributed by atoms with van der Waals surface area (Å²) >= 11 is 3.43. The van der Waals surface area contributed by atoms with Gasteiger partial charge < -0.3 is 74.8 Å². The van der Waals surface area contributed by atoms with E-state index in [1.54, 1.807) is 13.8 Å². The largest absolute Gasteiger partial charge is 0.481 e. The average molecular weight is 1710 g/mol. The standard InChI is InChI=1S/C26H28N2O5S.C17H23BN2O3.C16H20N2O2.C12H15BN2O3.C10H9ClO3S.C5H9Br/c1-2-3-15-33-21-11-13-22(14-12-21)34(31,32)27-24(26(29)30)16-20-18-28(17-19-7-6-8-19)25-10-5-4-9-23(20)25;1-18(23)19-15(17(21)22)9-13-11-20(10-12-5-4-6-12)16-8-3-2-7-14(13)16;17-14(16(19)20)8-12-10-18(9-11-4-3-5-11)15-7-2-1-6-13(12)15;1-13(18)15-11(12(16)17)6-8-7-14-10-5-3-2-4-9(8)10;1-2-3-8-14-9-4-6-10(7-5-9)15(11,12)13;6-4-5-2-1-3-5/h4-5,9-14,18-19,24,27H,6-8,15-17H2,1H3,(H,29,30);2-3,7-8,11-12,15,19,23H,4-6,9-10H2,1H3,(H,21,22);1-2,6-7,10-11,14H,3-5,8-9,17H2,(H,19,20);2-5,7,11,14-15,18H,6H2,1H3,(H,16,17);4-7H,8H2,1H3;5H,1-4H2/t;15-;14-;11-;;/m.111../s1. The summed E-state index contributed by atoms with van der Waals surface area (Å²) < 4.78 is 67.3. The number of fused-ring (bicyclic) bond motifs is 4. The van der Waals surface area contributed by atoms with Gasteiger partial charge in [-0.25, -0.2) is 16.8 Å². The van der Waals surface area contributed by atoms with Gasteiger partial charge in [0.05, 0.1) is 9.79 Å². The summed E-state index contributed by atoms with van der Waals surface area (Å²) in [4.78, 5) is 48.6. The summed E-state index contributed by atoms with van der Waals surface area (Å²) in [6, 6.07) is 39.8. The molecule has 4 atom stereocenters. The van der Waals surface area contributed by atoms with E-state index in [1.807, 2.05) is 91.3 Å². The number of aromatic nitrogens is 4. The zero-order valence-electron chi connectivity index (χ0n) is 65.8. The van der Waals surface area contributed by atoms with Crippen LogP contribution in [0.25, 0.3) is 43.6 Å². The number of benzene rings is 6. The lowest BCUT2D eigenvalue weighted by atomic mass is 9.85. The lowest BCUT2D eigenvalue weighted by Gasteiger charge is -2.26. The van der Waals surface area contributed by atoms with Gasteiger partial charge in [-0.05, 0) is 210 Å². The van der Waals surface area contributed by atoms with E-state index in [0.717, 1.165) is 97.7 Å². The van der Waals surface area contributed by atoms with Gasteiger partial charge in [-0.3, -0.25) is 19.2 Å². The number of alkyl halides is 1. The second-order valence-electron chi connectivity index (χ2n) is 29.7. The highest BCUT2D eigenvalue weighted by molar-refractivity contribution is 9.09. The Bertz CT molecular complexity index is 5270. The molecule has 12 N–H and O–H groups in total. The first-order chi connectivity index (χ1) is 55.6. The predicted octanol–water partition coefficient (Wildman–Crippen LogP) is 13.4. The quantitative estimate of drug-likeness (QED) is 0.00832. The molecule has 116 heavy (non-hydrogen) atoms. The molecule has 4 heterocycles. The van der Waals surface area contributed by atoms with Crippen molar-refractivity contribution in [1.82, 2.24) is 33.9 Å². The highest BCUT2D eigenvalue weighted by Gasteiger charge is 2.30. The van der Waals surface area contributed by atoms with Crippen molar-refractivity contribution in [2.24, 2.45) is 29.4 Å². The number of H-pyrrole nitrogens is 1. The minimum absolute atomic E-state index is 0.0277. The van der Waals surface area contributed by atoms with E-state index in [4.69, 9.17) is 36.1 Å². The van der Waals surface area contributed by atoms with Gasteiger partial charge in [0.2, 0.25) is 10.0 Å². The Hall–Kier alpha value is -9.36. The van der Waals surface area contributed by atoms with Gasteiger partial charge in [0.25, 0.3) is 9.05 Å². The minimum Gasteiger partial charge on any atom is -0.481 e. The number of nitrogens with two attached hydrogens (primary N) is 1. The predicted molar refractivity (Wildman–Crippen MR) is 460 cm³/mol. The molecule has 0 aliphatic heterocycles. The second kappa shape index (κ2) is 44.3. The number of aliphatic carboxylic acids is 4. The smallest absolute Gasteiger partial charge is 0.374 e. The lowest BCUT2D eigenvalue weighted by Crippen LogP contribution is -2.46. The van der Waals surface area contributed by atoms with Crippen molar-refractivity contribution in [3.8, 4) is 35.2 Å². The molecule has 30 heteroatoms. The topological polar surface area (TPSA) is 369 Å². The number of nitrogens with one attached hydrogen (secondary N) is 4. The Kier molecular flexibility index (Phi) is 34.6. The van der Waals surface area contributed by atoms with E-state index in [9.17, 15) is 56.3 Å². The summed E-state index contributed by atoms with van der Waals surface area (Å²) in [5, 5.41) is 66.7. The molecule has 0 amide bonds. The van der Waals surface area contributed by atoms with Gasteiger partial charge in [-0.2, -0.15) is 4.72 Å². The minimum atomic E-state index is -4.05. The number of sulfonamides is 1. The van der Waals surface area contributed by atoms with E-state index in [-0.39, 0.29) is 29.4 Å². The third-order valence-electron chi connectivity index (χ3n) is 21.1. The van der Waals surface area contributed by atoms with Crippen LogP contribution in [0.15, 0.2) is 180 Å². The number of carbonyl (C=O) groups is 4.